The molecule has 0 spiro atoms. The molecule has 5 rings (SSSR count). The predicted octanol–water partition coefficient (Wildman–Crippen LogP) is -1.58. The molecule has 33 heavy (non-hydrogen) atoms. The molecule has 3 aromatic heterocycles. The second-order valence-electron chi connectivity index (χ2n) is 8.86. The second kappa shape index (κ2) is 8.03. The number of nitrogens with zero attached hydrogens (tertiary/aromatic N) is 6. The van der Waals surface area contributed by atoms with E-state index >= 15 is 0 Å². The third kappa shape index (κ3) is 4.75. The predicted molar refractivity (Wildman–Crippen MR) is 126 cm³/mol. The molecule has 168 valence electrons. The van der Waals surface area contributed by atoms with Crippen molar-refractivity contribution >= 4 is 56.3 Å². The largest absolute Gasteiger partial charge is 0.388 e. The van der Waals surface area contributed by atoms with Crippen molar-refractivity contribution in [2.45, 2.75) is 24.8 Å². The molecule has 1 saturated carbocycles. The number of carbonyl (C=O) groups is 2. The van der Waals surface area contributed by atoms with Gasteiger partial charge in [0.15, 0.2) is 32.9 Å². The summed E-state index contributed by atoms with van der Waals surface area (Å²) in [7, 11) is 2.88. The van der Waals surface area contributed by atoms with Gasteiger partial charge in [0.05, 0.1) is 23.1 Å². The van der Waals surface area contributed by atoms with Crippen molar-refractivity contribution in [3.05, 3.63) is 30.1 Å². The first-order chi connectivity index (χ1) is 15.7. The first kappa shape index (κ1) is 21.2. The third-order valence-corrected chi connectivity index (χ3v) is 5.41. The number of hydrogen-bond donors (Lipinski definition) is 4. The highest BCUT2D eigenvalue weighted by Gasteiger charge is 2.30. The average Bonchev–Trinajstić information content (AvgIpc) is 3.46. The molecule has 14 heteroatoms. The zero-order chi connectivity index (χ0) is 23.2. The number of anilines is 4. The van der Waals surface area contributed by atoms with Gasteiger partial charge in [-0.05, 0) is 31.4 Å². The van der Waals surface area contributed by atoms with Crippen molar-refractivity contribution in [3.8, 4) is 0 Å². The van der Waals surface area contributed by atoms with Crippen molar-refractivity contribution in [2.75, 3.05) is 28.6 Å². The first-order valence-electron chi connectivity index (χ1n) is 10.9. The smallest absolute Gasteiger partial charge is 0.274 e. The van der Waals surface area contributed by atoms with Gasteiger partial charge in [-0.3, -0.25) is 9.59 Å². The van der Waals surface area contributed by atoms with Gasteiger partial charge in [-0.2, -0.15) is 4.98 Å². The fourth-order valence-electron chi connectivity index (χ4n) is 3.43. The molecule has 1 aliphatic carbocycles. The van der Waals surface area contributed by atoms with E-state index in [0.29, 0.717) is 5.65 Å². The number of pyridine rings is 1. The molecule has 0 radical (unpaired) electrons. The Morgan fingerprint density at radius 1 is 1.18 bits per heavy atom. The molecule has 1 aliphatic heterocycles. The van der Waals surface area contributed by atoms with E-state index < -0.39 is 11.4 Å². The molecule has 2 aliphatic rings. The molecule has 2 fully saturated rings. The fraction of sp³-hybridized carbons (Fsp3) is 0.368. The Labute approximate surface area is 191 Å². The monoisotopic (exact) mass is 447 g/mol. The molecule has 3 aromatic rings. The van der Waals surface area contributed by atoms with E-state index in [4.69, 9.17) is 0 Å². The number of hydrogen-bond acceptors (Lipinski definition) is 9. The van der Waals surface area contributed by atoms with Crippen molar-refractivity contribution < 1.29 is 14.7 Å². The van der Waals surface area contributed by atoms with Gasteiger partial charge in [0.25, 0.3) is 5.91 Å². The molecular formula is C19H23B2N9O3. The van der Waals surface area contributed by atoms with Crippen LogP contribution in [-0.2, 0) is 4.79 Å². The number of nitrogens with one attached hydrogen (secondary N) is 3. The minimum Gasteiger partial charge on any atom is -0.388 e. The molecule has 12 nitrogen and oxygen atoms in total. The van der Waals surface area contributed by atoms with Gasteiger partial charge in [-0.15, -0.1) is 15.3 Å². The van der Waals surface area contributed by atoms with Crippen LogP contribution in [0.25, 0.3) is 5.65 Å². The summed E-state index contributed by atoms with van der Waals surface area (Å²) >= 11 is 0. The number of carbonyl (C=O) groups excluding carboxylic acids is 2. The Morgan fingerprint density at radius 3 is 2.64 bits per heavy atom. The van der Waals surface area contributed by atoms with Crippen LogP contribution in [0.3, 0.4) is 0 Å². The van der Waals surface area contributed by atoms with Crippen LogP contribution in [0.2, 0.25) is 0 Å². The van der Waals surface area contributed by atoms with E-state index in [9.17, 15) is 14.7 Å². The number of amides is 2. The number of fused-ring (bicyclic) bond motifs is 1. The summed E-state index contributed by atoms with van der Waals surface area (Å²) < 4.78 is 1.66. The zero-order valence-electron chi connectivity index (χ0n) is 18.4. The maximum Gasteiger partial charge on any atom is 0.274 e. The van der Waals surface area contributed by atoms with Crippen LogP contribution in [-0.4, -0.2) is 76.0 Å². The number of aliphatic hydroxyl groups is 1. The Hall–Kier alpha value is -3.67. The van der Waals surface area contributed by atoms with Crippen molar-refractivity contribution in [1.29, 1.82) is 0 Å². The van der Waals surface area contributed by atoms with Crippen LogP contribution in [0.15, 0.2) is 24.4 Å². The minimum absolute atomic E-state index is 0.0120. The number of rotatable bonds is 7. The van der Waals surface area contributed by atoms with Crippen molar-refractivity contribution in [1.82, 2.24) is 30.1 Å². The maximum absolute atomic E-state index is 12.7. The second-order valence-corrected chi connectivity index (χ2v) is 8.86. The molecule has 0 bridgehead atoms. The Bertz CT molecular complexity index is 1230. The van der Waals surface area contributed by atoms with Crippen LogP contribution < -0.4 is 20.9 Å². The van der Waals surface area contributed by atoms with Crippen LogP contribution in [0.4, 0.5) is 23.1 Å². The van der Waals surface area contributed by atoms with Crippen molar-refractivity contribution in [3.63, 3.8) is 0 Å². The topological polar surface area (TPSA) is 150 Å². The zero-order valence-corrected chi connectivity index (χ0v) is 18.4. The third-order valence-electron chi connectivity index (χ3n) is 5.41. The highest BCUT2D eigenvalue weighted by Crippen LogP contribution is 2.30. The lowest BCUT2D eigenvalue weighted by atomic mass is 9.73. The van der Waals surface area contributed by atoms with E-state index in [-0.39, 0.29) is 35.0 Å². The van der Waals surface area contributed by atoms with E-state index in [1.807, 2.05) is 18.3 Å². The normalized spacial score (nSPS) is 15.7. The minimum atomic E-state index is -1.45. The summed E-state index contributed by atoms with van der Waals surface area (Å²) in [6.07, 6.45) is 4.77. The molecular weight excluding hydrogens is 424 g/mol. The molecule has 0 atom stereocenters. The van der Waals surface area contributed by atoms with E-state index in [1.165, 1.54) is 28.2 Å². The van der Waals surface area contributed by atoms with Crippen LogP contribution >= 0.6 is 0 Å². The lowest BCUT2D eigenvalue weighted by molar-refractivity contribution is -0.117. The fourth-order valence-corrected chi connectivity index (χ4v) is 3.43. The molecule has 0 aromatic carbocycles. The molecule has 1 saturated heterocycles. The summed E-state index contributed by atoms with van der Waals surface area (Å²) in [5, 5.41) is 30.5. The van der Waals surface area contributed by atoms with E-state index in [1.54, 1.807) is 4.52 Å². The van der Waals surface area contributed by atoms with Gasteiger partial charge in [0.2, 0.25) is 11.9 Å². The summed E-state index contributed by atoms with van der Waals surface area (Å²) in [5.74, 6) is -0.324. The highest BCUT2D eigenvalue weighted by molar-refractivity contribution is 6.39. The quantitative estimate of drug-likeness (QED) is 0.249. The Balaban J connectivity index is 1.44. The van der Waals surface area contributed by atoms with E-state index in [2.05, 4.69) is 41.1 Å². The standard InChI is InChI=1S/C19H23B2N9O3/c20-19(21,33)25-17(32)15-12(8-13(26-27-15)23-16(31)10-2-3-10)22-18-24-14-5-4-11(9-30(14)28-18)29-6-1-7-29/h4-5,8-10,33H,1-3,6-7,20-21H2,(H,25,32)(H2,22,23,26,28,31). The first-order valence-corrected chi connectivity index (χ1v) is 10.9. The van der Waals surface area contributed by atoms with Gasteiger partial charge in [-0.25, -0.2) is 4.52 Å². The summed E-state index contributed by atoms with van der Waals surface area (Å²) in [6.45, 7) is 2.03. The van der Waals surface area contributed by atoms with Crippen LogP contribution in [0.1, 0.15) is 29.8 Å². The number of aromatic nitrogens is 5. The van der Waals surface area contributed by atoms with Gasteiger partial charge < -0.3 is 26.0 Å². The summed E-state index contributed by atoms with van der Waals surface area (Å²) in [4.78, 5) is 31.5. The van der Waals surface area contributed by atoms with Crippen LogP contribution in [0.5, 0.6) is 0 Å². The molecule has 0 unspecified atom stereocenters. The SMILES string of the molecule is BC(B)(O)NC(=O)c1nnc(NC(=O)C2CC2)cc1Nc1nc2ccc(N3CCC3)cn2n1. The molecule has 4 N–H and O–H groups in total. The Morgan fingerprint density at radius 2 is 1.97 bits per heavy atom. The van der Waals surface area contributed by atoms with E-state index in [0.717, 1.165) is 31.6 Å². The Kier molecular flexibility index (Phi) is 5.16. The van der Waals surface area contributed by atoms with Gasteiger partial charge in [0, 0.05) is 25.1 Å². The average molecular weight is 447 g/mol. The van der Waals surface area contributed by atoms with Gasteiger partial charge in [-0.1, -0.05) is 0 Å². The highest BCUT2D eigenvalue weighted by atomic mass is 16.3. The molecule has 4 heterocycles. The van der Waals surface area contributed by atoms with Crippen LogP contribution in [0, 0.1) is 5.92 Å². The maximum atomic E-state index is 12.7. The molecule has 2 amide bonds. The lowest BCUT2D eigenvalue weighted by Gasteiger charge is -2.32. The summed E-state index contributed by atoms with van der Waals surface area (Å²) in [6, 6.07) is 5.37. The lowest BCUT2D eigenvalue weighted by Crippen LogP contribution is -2.49. The van der Waals surface area contributed by atoms with Gasteiger partial charge in [0.1, 0.15) is 0 Å². The van der Waals surface area contributed by atoms with Gasteiger partial charge >= 0.3 is 0 Å². The van der Waals surface area contributed by atoms with Crippen molar-refractivity contribution in [2.24, 2.45) is 5.92 Å². The summed E-state index contributed by atoms with van der Waals surface area (Å²) in [5.41, 5.74) is 0.418.